The van der Waals surface area contributed by atoms with Crippen LogP contribution in [0, 0.1) is 13.8 Å². The number of anilines is 2. The summed E-state index contributed by atoms with van der Waals surface area (Å²) in [5, 5.41) is 7.72. The zero-order valence-corrected chi connectivity index (χ0v) is 22.6. The number of rotatable bonds is 4. The van der Waals surface area contributed by atoms with Gasteiger partial charge in [-0.25, -0.2) is 19.6 Å². The van der Waals surface area contributed by atoms with Gasteiger partial charge in [-0.05, 0) is 54.6 Å². The Morgan fingerprint density at radius 1 is 0.900 bits per heavy atom. The van der Waals surface area contributed by atoms with Crippen molar-refractivity contribution in [3.8, 4) is 16.9 Å². The predicted octanol–water partition coefficient (Wildman–Crippen LogP) is 5.24. The quantitative estimate of drug-likeness (QED) is 0.310. The van der Waals surface area contributed by atoms with Crippen molar-refractivity contribution >= 4 is 54.3 Å². The highest BCUT2D eigenvalue weighted by Crippen LogP contribution is 2.34. The minimum Gasteiger partial charge on any atom is -0.383 e. The number of benzene rings is 3. The lowest BCUT2D eigenvalue weighted by Crippen LogP contribution is -2.25. The Balaban J connectivity index is 1.47. The molecule has 0 unspecified atom stereocenters. The number of para-hydroxylation sites is 1. The van der Waals surface area contributed by atoms with Gasteiger partial charge in [0.25, 0.3) is 5.56 Å². The van der Waals surface area contributed by atoms with Crippen molar-refractivity contribution < 1.29 is 0 Å². The van der Waals surface area contributed by atoms with Crippen LogP contribution in [0.5, 0.6) is 0 Å². The number of aryl methyl sites for hydroxylation is 2. The second kappa shape index (κ2) is 8.99. The molecule has 9 nitrogen and oxygen atoms in total. The fourth-order valence-corrected chi connectivity index (χ4v) is 6.14. The van der Waals surface area contributed by atoms with Crippen LogP contribution in [0.15, 0.2) is 77.9 Å². The average molecular weight is 545 g/mol. The zero-order chi connectivity index (χ0) is 27.5. The predicted molar refractivity (Wildman–Crippen MR) is 161 cm³/mol. The summed E-state index contributed by atoms with van der Waals surface area (Å²) in [5.74, 6) is 0.334. The van der Waals surface area contributed by atoms with Crippen LogP contribution in [-0.4, -0.2) is 29.3 Å². The van der Waals surface area contributed by atoms with Crippen molar-refractivity contribution in [2.24, 2.45) is 0 Å². The zero-order valence-electron chi connectivity index (χ0n) is 21.8. The van der Waals surface area contributed by atoms with E-state index in [1.54, 1.807) is 9.25 Å². The summed E-state index contributed by atoms with van der Waals surface area (Å²) < 4.78 is 4.53. The SMILES string of the molecule is Cc1ccccc1-n1c(Cn2nc(-c3ccc4nc(N)sc4c3)c3c(N)ncnc32)cc2cccc(C)c2c1=O. The Morgan fingerprint density at radius 3 is 2.58 bits per heavy atom. The fraction of sp³-hybridized carbons (Fsp3) is 0.100. The summed E-state index contributed by atoms with van der Waals surface area (Å²) >= 11 is 1.42. The first kappa shape index (κ1) is 24.0. The molecule has 0 aliphatic heterocycles. The Bertz CT molecular complexity index is 2180. The molecule has 7 rings (SSSR count). The van der Waals surface area contributed by atoms with Gasteiger partial charge < -0.3 is 11.5 Å². The van der Waals surface area contributed by atoms with Crippen LogP contribution < -0.4 is 17.0 Å². The molecule has 0 radical (unpaired) electrons. The normalized spacial score (nSPS) is 11.7. The summed E-state index contributed by atoms with van der Waals surface area (Å²) in [4.78, 5) is 27.2. The number of pyridine rings is 1. The maximum atomic E-state index is 14.1. The van der Waals surface area contributed by atoms with E-state index >= 15 is 0 Å². The van der Waals surface area contributed by atoms with Crippen molar-refractivity contribution in [1.29, 1.82) is 0 Å². The number of fused-ring (bicyclic) bond motifs is 3. The molecule has 0 aliphatic carbocycles. The van der Waals surface area contributed by atoms with Crippen molar-refractivity contribution in [3.05, 3.63) is 100 Å². The van der Waals surface area contributed by atoms with E-state index in [4.69, 9.17) is 16.6 Å². The van der Waals surface area contributed by atoms with Gasteiger partial charge in [0.2, 0.25) is 0 Å². The Labute approximate surface area is 232 Å². The Morgan fingerprint density at radius 2 is 1.73 bits per heavy atom. The minimum atomic E-state index is -0.0704. The second-order valence-corrected chi connectivity index (χ2v) is 10.9. The molecule has 0 aliphatic rings. The van der Waals surface area contributed by atoms with E-state index in [0.29, 0.717) is 33.1 Å². The maximum absolute atomic E-state index is 14.1. The molecule has 0 saturated carbocycles. The fourth-order valence-electron chi connectivity index (χ4n) is 5.37. The van der Waals surface area contributed by atoms with Crippen molar-refractivity contribution in [2.75, 3.05) is 11.5 Å². The van der Waals surface area contributed by atoms with Gasteiger partial charge in [0, 0.05) is 11.3 Å². The Hall–Kier alpha value is -5.09. The molecule has 4 heterocycles. The molecule has 0 spiro atoms. The number of nitrogens with two attached hydrogens (primary N) is 2. The van der Waals surface area contributed by atoms with E-state index < -0.39 is 0 Å². The molecule has 10 heteroatoms. The van der Waals surface area contributed by atoms with Crippen molar-refractivity contribution in [1.82, 2.24) is 29.3 Å². The lowest BCUT2D eigenvalue weighted by molar-refractivity contribution is 0.671. The number of nitrogen functional groups attached to an aromatic ring is 2. The molecule has 4 N–H and O–H groups in total. The number of hydrogen-bond acceptors (Lipinski definition) is 8. The highest BCUT2D eigenvalue weighted by atomic mass is 32.1. The van der Waals surface area contributed by atoms with Gasteiger partial charge in [-0.3, -0.25) is 9.36 Å². The minimum absolute atomic E-state index is 0.0704. The highest BCUT2D eigenvalue weighted by Gasteiger charge is 2.21. The van der Waals surface area contributed by atoms with Gasteiger partial charge >= 0.3 is 0 Å². The van der Waals surface area contributed by atoms with Gasteiger partial charge in [-0.15, -0.1) is 0 Å². The maximum Gasteiger partial charge on any atom is 0.263 e. The first-order valence-electron chi connectivity index (χ1n) is 12.7. The van der Waals surface area contributed by atoms with Crippen LogP contribution in [0.25, 0.3) is 49.0 Å². The number of aromatic nitrogens is 6. The lowest BCUT2D eigenvalue weighted by atomic mass is 10.1. The van der Waals surface area contributed by atoms with Gasteiger partial charge in [0.15, 0.2) is 10.8 Å². The summed E-state index contributed by atoms with van der Waals surface area (Å²) in [6.07, 6.45) is 1.44. The van der Waals surface area contributed by atoms with Crippen LogP contribution in [0.3, 0.4) is 0 Å². The molecule has 0 fully saturated rings. The number of hydrogen-bond donors (Lipinski definition) is 2. The van der Waals surface area contributed by atoms with E-state index in [-0.39, 0.29) is 12.1 Å². The molecule has 7 aromatic rings. The molecule has 4 aromatic heterocycles. The summed E-state index contributed by atoms with van der Waals surface area (Å²) in [6, 6.07) is 21.7. The second-order valence-electron chi connectivity index (χ2n) is 9.80. The average Bonchev–Trinajstić information content (AvgIpc) is 3.49. The van der Waals surface area contributed by atoms with E-state index in [2.05, 4.69) is 21.0 Å². The monoisotopic (exact) mass is 544 g/mol. The molecular weight excluding hydrogens is 520 g/mol. The summed E-state index contributed by atoms with van der Waals surface area (Å²) in [5.41, 5.74) is 18.7. The standard InChI is InChI=1S/C30H24N8OS/c1-16-6-3-4-9-22(16)38-20(12-18-8-5-7-17(2)24(18)29(38)39)14-37-28-25(27(31)33-15-34-28)26(36-37)19-10-11-21-23(13-19)40-30(32)35-21/h3-13,15H,14H2,1-2H3,(H2,32,35)(H2,31,33,34). The molecule has 0 amide bonds. The van der Waals surface area contributed by atoms with Gasteiger partial charge in [-0.2, -0.15) is 5.10 Å². The largest absolute Gasteiger partial charge is 0.383 e. The lowest BCUT2D eigenvalue weighted by Gasteiger charge is -2.17. The van der Waals surface area contributed by atoms with E-state index in [1.165, 1.54) is 17.7 Å². The first-order valence-corrected chi connectivity index (χ1v) is 13.5. The number of thiazole rings is 1. The van der Waals surface area contributed by atoms with Crippen LogP contribution in [-0.2, 0) is 6.54 Å². The summed E-state index contributed by atoms with van der Waals surface area (Å²) in [6.45, 7) is 4.26. The summed E-state index contributed by atoms with van der Waals surface area (Å²) in [7, 11) is 0. The van der Waals surface area contributed by atoms with E-state index in [0.717, 1.165) is 43.7 Å². The van der Waals surface area contributed by atoms with Crippen LogP contribution in [0.1, 0.15) is 16.8 Å². The van der Waals surface area contributed by atoms with Crippen molar-refractivity contribution in [3.63, 3.8) is 0 Å². The number of nitrogens with zero attached hydrogens (tertiary/aromatic N) is 6. The first-order chi connectivity index (χ1) is 19.4. The third kappa shape index (κ3) is 3.72. The van der Waals surface area contributed by atoms with Gasteiger partial charge in [0.1, 0.15) is 17.8 Å². The smallest absolute Gasteiger partial charge is 0.263 e. The topological polar surface area (TPSA) is 131 Å². The van der Waals surface area contributed by atoms with E-state index in [9.17, 15) is 4.79 Å². The van der Waals surface area contributed by atoms with Gasteiger partial charge in [-0.1, -0.05) is 53.8 Å². The highest BCUT2D eigenvalue weighted by molar-refractivity contribution is 7.22. The van der Waals surface area contributed by atoms with Crippen molar-refractivity contribution in [2.45, 2.75) is 20.4 Å². The van der Waals surface area contributed by atoms with E-state index in [1.807, 2.05) is 74.5 Å². The van der Waals surface area contributed by atoms with Crippen LogP contribution in [0.4, 0.5) is 10.9 Å². The van der Waals surface area contributed by atoms with Crippen LogP contribution >= 0.6 is 11.3 Å². The Kier molecular flexibility index (Phi) is 5.39. The molecule has 3 aromatic carbocycles. The van der Waals surface area contributed by atoms with Gasteiger partial charge in [0.05, 0.1) is 33.2 Å². The molecule has 0 atom stereocenters. The molecule has 0 bridgehead atoms. The van der Waals surface area contributed by atoms with Crippen LogP contribution in [0.2, 0.25) is 0 Å². The third-order valence-corrected chi connectivity index (χ3v) is 8.08. The third-order valence-electron chi connectivity index (χ3n) is 7.24. The molecule has 40 heavy (non-hydrogen) atoms. The molecule has 196 valence electrons. The molecular formula is C30H24N8OS. The molecule has 0 saturated heterocycles.